The van der Waals surface area contributed by atoms with Crippen LogP contribution in [0.3, 0.4) is 0 Å². The van der Waals surface area contributed by atoms with Crippen LogP contribution in [-0.2, 0) is 0 Å². The van der Waals surface area contributed by atoms with Gasteiger partial charge in [0.1, 0.15) is 0 Å². The second-order valence-corrected chi connectivity index (χ2v) is 4.01. The summed E-state index contributed by atoms with van der Waals surface area (Å²) in [7, 11) is 0. The molecule has 0 unspecified atom stereocenters. The van der Waals surface area contributed by atoms with Crippen molar-refractivity contribution >= 4 is 5.57 Å². The normalized spacial score (nSPS) is 12.9. The molecule has 0 heteroatoms. The van der Waals surface area contributed by atoms with Crippen LogP contribution in [0.1, 0.15) is 52.0 Å². The van der Waals surface area contributed by atoms with E-state index in [1.165, 1.54) is 31.2 Å². The highest BCUT2D eigenvalue weighted by Gasteiger charge is 2.16. The van der Waals surface area contributed by atoms with Gasteiger partial charge < -0.3 is 0 Å². The highest BCUT2D eigenvalue weighted by molar-refractivity contribution is 5.71. The Morgan fingerprint density at radius 1 is 1.00 bits per heavy atom. The summed E-state index contributed by atoms with van der Waals surface area (Å²) < 4.78 is 0. The second kappa shape index (κ2) is 6.44. The van der Waals surface area contributed by atoms with Crippen molar-refractivity contribution in [1.82, 2.24) is 0 Å². The maximum atomic E-state index is 2.24. The number of hydrogen-bond donors (Lipinski definition) is 0. The highest BCUT2D eigenvalue weighted by atomic mass is 14.2. The Morgan fingerprint density at radius 2 is 1.53 bits per heavy atom. The summed E-state index contributed by atoms with van der Waals surface area (Å²) in [6.45, 7) is 6.49. The molecular weight excluding hydrogens is 180 g/mol. The minimum atomic E-state index is 1.18. The fourth-order valence-corrected chi connectivity index (χ4v) is 1.66. The van der Waals surface area contributed by atoms with E-state index >= 15 is 0 Å². The fraction of sp³-hybridized carbons (Fsp3) is 0.467. The van der Waals surface area contributed by atoms with Crippen LogP contribution in [-0.4, -0.2) is 0 Å². The first-order chi connectivity index (χ1) is 7.33. The van der Waals surface area contributed by atoms with E-state index in [2.05, 4.69) is 51.1 Å². The Labute approximate surface area is 94.0 Å². The molecule has 1 aliphatic carbocycles. The molecule has 0 nitrogen and oxygen atoms in total. The first kappa shape index (κ1) is 12.0. The molecule has 1 aromatic rings. The van der Waals surface area contributed by atoms with Gasteiger partial charge in [0.15, 0.2) is 0 Å². The summed E-state index contributed by atoms with van der Waals surface area (Å²) in [6.07, 6.45) is 5.09. The molecule has 0 spiro atoms. The molecule has 0 amide bonds. The second-order valence-electron chi connectivity index (χ2n) is 4.01. The zero-order valence-corrected chi connectivity index (χ0v) is 10.2. The lowest BCUT2D eigenvalue weighted by molar-refractivity contribution is 1.09. The van der Waals surface area contributed by atoms with E-state index in [0.29, 0.717) is 0 Å². The molecule has 2 rings (SSSR count). The molecule has 1 aromatic carbocycles. The Bertz CT molecular complexity index is 300. The van der Waals surface area contributed by atoms with Gasteiger partial charge in [-0.1, -0.05) is 63.1 Å². The average molecular weight is 202 g/mol. The van der Waals surface area contributed by atoms with Crippen molar-refractivity contribution in [2.45, 2.75) is 46.5 Å². The quantitative estimate of drug-likeness (QED) is 0.628. The summed E-state index contributed by atoms with van der Waals surface area (Å²) >= 11 is 0. The topological polar surface area (TPSA) is 0 Å². The zero-order valence-electron chi connectivity index (χ0n) is 10.2. The van der Waals surface area contributed by atoms with Gasteiger partial charge in [-0.2, -0.15) is 0 Å². The summed E-state index contributed by atoms with van der Waals surface area (Å²) in [5.41, 5.74) is 4.67. The Hall–Kier alpha value is -1.04. The van der Waals surface area contributed by atoms with Crippen molar-refractivity contribution in [2.24, 2.45) is 0 Å². The smallest absolute Gasteiger partial charge is 0.0225 e. The van der Waals surface area contributed by atoms with E-state index in [4.69, 9.17) is 0 Å². The largest absolute Gasteiger partial charge is 0.0658 e. The summed E-state index contributed by atoms with van der Waals surface area (Å²) in [6, 6.07) is 10.7. The van der Waals surface area contributed by atoms with Crippen molar-refractivity contribution in [3.63, 3.8) is 0 Å². The molecule has 1 fully saturated rings. The number of benzene rings is 1. The van der Waals surface area contributed by atoms with Gasteiger partial charge in [0, 0.05) is 0 Å². The van der Waals surface area contributed by atoms with Gasteiger partial charge >= 0.3 is 0 Å². The molecule has 82 valence electrons. The first-order valence-corrected chi connectivity index (χ1v) is 6.09. The van der Waals surface area contributed by atoms with Crippen LogP contribution in [0.4, 0.5) is 0 Å². The van der Waals surface area contributed by atoms with Crippen molar-refractivity contribution in [3.8, 4) is 0 Å². The van der Waals surface area contributed by atoms with Crippen molar-refractivity contribution in [1.29, 1.82) is 0 Å². The molecule has 0 saturated heterocycles. The van der Waals surface area contributed by atoms with Gasteiger partial charge in [0.05, 0.1) is 0 Å². The Kier molecular flexibility index (Phi) is 5.17. The van der Waals surface area contributed by atoms with Gasteiger partial charge in [-0.3, -0.25) is 0 Å². The SMILES string of the molecule is CCC.CCC(=C1CC1)c1ccccc1. The third kappa shape index (κ3) is 3.91. The number of hydrogen-bond acceptors (Lipinski definition) is 0. The fourth-order valence-electron chi connectivity index (χ4n) is 1.66. The van der Waals surface area contributed by atoms with Crippen LogP contribution in [0.15, 0.2) is 35.9 Å². The lowest BCUT2D eigenvalue weighted by Crippen LogP contribution is -1.80. The molecular formula is C15H22. The molecule has 0 aromatic heterocycles. The van der Waals surface area contributed by atoms with Crippen LogP contribution in [0.25, 0.3) is 5.57 Å². The maximum Gasteiger partial charge on any atom is -0.0225 e. The zero-order chi connectivity index (χ0) is 11.1. The average Bonchev–Trinajstić information content (AvgIpc) is 3.06. The highest BCUT2D eigenvalue weighted by Crippen LogP contribution is 2.37. The van der Waals surface area contributed by atoms with Crippen LogP contribution in [0.5, 0.6) is 0 Å². The lowest BCUT2D eigenvalue weighted by atomic mass is 10.0. The van der Waals surface area contributed by atoms with Crippen LogP contribution < -0.4 is 0 Å². The molecule has 1 saturated carbocycles. The van der Waals surface area contributed by atoms with Gasteiger partial charge in [0.25, 0.3) is 0 Å². The van der Waals surface area contributed by atoms with E-state index < -0.39 is 0 Å². The van der Waals surface area contributed by atoms with Crippen LogP contribution in [0, 0.1) is 0 Å². The molecule has 0 atom stereocenters. The van der Waals surface area contributed by atoms with Crippen LogP contribution in [0.2, 0.25) is 0 Å². The van der Waals surface area contributed by atoms with E-state index in [0.717, 1.165) is 0 Å². The van der Waals surface area contributed by atoms with Crippen molar-refractivity contribution in [3.05, 3.63) is 41.5 Å². The van der Waals surface area contributed by atoms with E-state index in [1.807, 2.05) is 0 Å². The monoisotopic (exact) mass is 202 g/mol. The maximum absolute atomic E-state index is 2.24. The van der Waals surface area contributed by atoms with Gasteiger partial charge in [0.2, 0.25) is 0 Å². The summed E-state index contributed by atoms with van der Waals surface area (Å²) in [5, 5.41) is 0. The molecule has 1 aliphatic rings. The van der Waals surface area contributed by atoms with E-state index in [9.17, 15) is 0 Å². The molecule has 0 bridgehead atoms. The lowest BCUT2D eigenvalue weighted by Gasteiger charge is -2.02. The van der Waals surface area contributed by atoms with Gasteiger partial charge in [-0.15, -0.1) is 0 Å². The predicted molar refractivity (Wildman–Crippen MR) is 68.9 cm³/mol. The Balaban J connectivity index is 0.000000337. The molecule has 0 aliphatic heterocycles. The Morgan fingerprint density at radius 3 is 1.93 bits per heavy atom. The van der Waals surface area contributed by atoms with Crippen molar-refractivity contribution < 1.29 is 0 Å². The third-order valence-electron chi connectivity index (χ3n) is 2.40. The minimum absolute atomic E-state index is 1.18. The number of rotatable bonds is 2. The van der Waals surface area contributed by atoms with Gasteiger partial charge in [-0.25, -0.2) is 0 Å². The van der Waals surface area contributed by atoms with Crippen molar-refractivity contribution in [2.75, 3.05) is 0 Å². The molecule has 15 heavy (non-hydrogen) atoms. The number of allylic oxidation sites excluding steroid dienone is 2. The third-order valence-corrected chi connectivity index (χ3v) is 2.40. The molecule has 0 heterocycles. The first-order valence-electron chi connectivity index (χ1n) is 6.09. The minimum Gasteiger partial charge on any atom is -0.0658 e. The summed E-state index contributed by atoms with van der Waals surface area (Å²) in [4.78, 5) is 0. The standard InChI is InChI=1S/C12H14.C3H8/c1-2-12(11-8-9-11)10-6-4-3-5-7-10;1-3-2/h3-7H,2,8-9H2,1H3;3H2,1-2H3. The summed E-state index contributed by atoms with van der Waals surface area (Å²) in [5.74, 6) is 0. The predicted octanol–water partition coefficient (Wildman–Crippen LogP) is 5.06. The van der Waals surface area contributed by atoms with E-state index in [1.54, 1.807) is 11.1 Å². The van der Waals surface area contributed by atoms with Crippen LogP contribution >= 0.6 is 0 Å². The van der Waals surface area contributed by atoms with E-state index in [-0.39, 0.29) is 0 Å². The molecule has 0 N–H and O–H groups in total. The molecule has 0 radical (unpaired) electrons. The van der Waals surface area contributed by atoms with Gasteiger partial charge in [-0.05, 0) is 30.4 Å².